The van der Waals surface area contributed by atoms with Gasteiger partial charge in [-0.2, -0.15) is 0 Å². The number of aliphatic hydroxyl groups excluding tert-OH is 4. The second-order valence-corrected chi connectivity index (χ2v) is 6.31. The molecule has 0 aromatic carbocycles. The molecule has 8 nitrogen and oxygen atoms in total. The van der Waals surface area contributed by atoms with E-state index < -0.39 is 37.3 Å². The Morgan fingerprint density at radius 1 is 0.920 bits per heavy atom. The van der Waals surface area contributed by atoms with Gasteiger partial charge < -0.3 is 29.9 Å². The van der Waals surface area contributed by atoms with Crippen LogP contribution in [0.2, 0.25) is 0 Å². The molecule has 25 heavy (non-hydrogen) atoms. The fourth-order valence-corrected chi connectivity index (χ4v) is 2.62. The van der Waals surface area contributed by atoms with Crippen molar-refractivity contribution in [2.24, 2.45) is 0 Å². The predicted molar refractivity (Wildman–Crippen MR) is 87.7 cm³/mol. The van der Waals surface area contributed by atoms with E-state index in [1.165, 1.54) is 0 Å². The van der Waals surface area contributed by atoms with Crippen molar-refractivity contribution >= 4 is 11.6 Å². The molecule has 146 valence electrons. The fraction of sp³-hybridized carbons (Fsp3) is 0.882. The number of carbonyl (C=O) groups is 2. The topological polar surface area (TPSA) is 134 Å². The first-order valence-corrected chi connectivity index (χ1v) is 8.86. The molecule has 4 N–H and O–H groups in total. The Bertz CT molecular complexity index is 411. The zero-order chi connectivity index (χ0) is 18.8. The number of ether oxygens (including phenoxy) is 2. The standard InChI is InChI=1S/C17H30O8/c1-2-11(19)6-3-4-7-12(20)8-5-9-24-17-16(23)15(22)14(21)13(10-18)25-17/h13-18,21-23H,2-10H2,1H3/t13-,14-,15+,16+,17+/m1/s1. The zero-order valence-corrected chi connectivity index (χ0v) is 14.7. The van der Waals surface area contributed by atoms with E-state index in [1.807, 2.05) is 6.92 Å². The van der Waals surface area contributed by atoms with E-state index in [9.17, 15) is 24.9 Å². The maximum atomic E-state index is 11.7. The van der Waals surface area contributed by atoms with Gasteiger partial charge in [-0.1, -0.05) is 6.92 Å². The molecule has 1 aliphatic rings. The minimum absolute atomic E-state index is 0.0846. The number of Topliss-reactive ketones (excluding diaryl/α,β-unsaturated/α-hetero) is 2. The maximum Gasteiger partial charge on any atom is 0.186 e. The van der Waals surface area contributed by atoms with E-state index in [2.05, 4.69) is 0 Å². The van der Waals surface area contributed by atoms with Crippen molar-refractivity contribution in [1.29, 1.82) is 0 Å². The van der Waals surface area contributed by atoms with Crippen LogP contribution in [0.1, 0.15) is 51.9 Å². The van der Waals surface area contributed by atoms with Crippen molar-refractivity contribution in [3.63, 3.8) is 0 Å². The summed E-state index contributed by atoms with van der Waals surface area (Å²) < 4.78 is 10.5. The Hall–Kier alpha value is -0.900. The molecule has 0 spiro atoms. The summed E-state index contributed by atoms with van der Waals surface area (Å²) in [6.07, 6.45) is -2.83. The summed E-state index contributed by atoms with van der Waals surface area (Å²) in [6.45, 7) is 1.45. The highest BCUT2D eigenvalue weighted by Gasteiger charge is 2.43. The SMILES string of the molecule is CCC(=O)CCCCC(=O)CCCO[C@H]1O[C@H](CO)[C@@H](O)[C@H](O)[C@@H]1O. The van der Waals surface area contributed by atoms with Crippen molar-refractivity contribution in [3.05, 3.63) is 0 Å². The normalized spacial score (nSPS) is 29.6. The van der Waals surface area contributed by atoms with E-state index in [1.54, 1.807) is 0 Å². The Balaban J connectivity index is 2.17. The highest BCUT2D eigenvalue weighted by Crippen LogP contribution is 2.22. The smallest absolute Gasteiger partial charge is 0.186 e. The molecule has 8 heteroatoms. The molecule has 0 unspecified atom stereocenters. The summed E-state index contributed by atoms with van der Waals surface area (Å²) in [5.74, 6) is 0.293. The summed E-state index contributed by atoms with van der Waals surface area (Å²) in [5, 5.41) is 38.2. The summed E-state index contributed by atoms with van der Waals surface area (Å²) >= 11 is 0. The van der Waals surface area contributed by atoms with Crippen molar-refractivity contribution in [3.8, 4) is 0 Å². The van der Waals surface area contributed by atoms with Gasteiger partial charge in [0, 0.05) is 25.7 Å². The first kappa shape index (κ1) is 22.1. The highest BCUT2D eigenvalue weighted by molar-refractivity contribution is 5.79. The summed E-state index contributed by atoms with van der Waals surface area (Å²) in [5.41, 5.74) is 0. The molecule has 0 bridgehead atoms. The molecular weight excluding hydrogens is 332 g/mol. The lowest BCUT2D eigenvalue weighted by Gasteiger charge is -2.39. The minimum Gasteiger partial charge on any atom is -0.394 e. The van der Waals surface area contributed by atoms with Gasteiger partial charge in [0.1, 0.15) is 36.0 Å². The molecule has 1 saturated heterocycles. The Morgan fingerprint density at radius 2 is 1.52 bits per heavy atom. The second-order valence-electron chi connectivity index (χ2n) is 6.31. The van der Waals surface area contributed by atoms with Crippen molar-refractivity contribution < 1.29 is 39.5 Å². The number of unbranched alkanes of at least 4 members (excludes halogenated alkanes) is 1. The van der Waals surface area contributed by atoms with Crippen LogP contribution in [0.15, 0.2) is 0 Å². The van der Waals surface area contributed by atoms with Gasteiger partial charge >= 0.3 is 0 Å². The number of carbonyl (C=O) groups excluding carboxylic acids is 2. The number of ketones is 2. The lowest BCUT2D eigenvalue weighted by atomic mass is 9.99. The van der Waals surface area contributed by atoms with Crippen LogP contribution in [0.5, 0.6) is 0 Å². The molecule has 0 amide bonds. The molecule has 0 aromatic heterocycles. The van der Waals surface area contributed by atoms with Crippen LogP contribution in [0.4, 0.5) is 0 Å². The minimum atomic E-state index is -1.47. The van der Waals surface area contributed by atoms with Gasteiger partial charge in [-0.15, -0.1) is 0 Å². The Morgan fingerprint density at radius 3 is 2.12 bits per heavy atom. The lowest BCUT2D eigenvalue weighted by molar-refractivity contribution is -0.301. The van der Waals surface area contributed by atoms with Gasteiger partial charge in [-0.05, 0) is 19.3 Å². The largest absolute Gasteiger partial charge is 0.394 e. The summed E-state index contributed by atoms with van der Waals surface area (Å²) in [7, 11) is 0. The van der Waals surface area contributed by atoms with E-state index in [0.717, 1.165) is 6.42 Å². The van der Waals surface area contributed by atoms with Crippen LogP contribution >= 0.6 is 0 Å². The zero-order valence-electron chi connectivity index (χ0n) is 14.7. The molecule has 1 fully saturated rings. The van der Waals surface area contributed by atoms with E-state index >= 15 is 0 Å². The van der Waals surface area contributed by atoms with Crippen molar-refractivity contribution in [2.75, 3.05) is 13.2 Å². The van der Waals surface area contributed by atoms with Crippen molar-refractivity contribution in [1.82, 2.24) is 0 Å². The van der Waals surface area contributed by atoms with Crippen LogP contribution in [-0.2, 0) is 19.1 Å². The number of rotatable bonds is 12. The molecular formula is C17H30O8. The third kappa shape index (κ3) is 7.47. The van der Waals surface area contributed by atoms with Gasteiger partial charge in [0.15, 0.2) is 6.29 Å². The van der Waals surface area contributed by atoms with Gasteiger partial charge in [0.25, 0.3) is 0 Å². The summed E-state index contributed by atoms with van der Waals surface area (Å²) in [4.78, 5) is 22.9. The molecule has 5 atom stereocenters. The quantitative estimate of drug-likeness (QED) is 0.348. The number of hydrogen-bond donors (Lipinski definition) is 4. The highest BCUT2D eigenvalue weighted by atomic mass is 16.7. The molecule has 1 heterocycles. The Kier molecular flexibility index (Phi) is 10.3. The molecule has 0 saturated carbocycles. The monoisotopic (exact) mass is 362 g/mol. The Labute approximate surface area is 147 Å². The van der Waals surface area contributed by atoms with Crippen LogP contribution in [0.3, 0.4) is 0 Å². The van der Waals surface area contributed by atoms with Crippen LogP contribution in [0, 0.1) is 0 Å². The van der Waals surface area contributed by atoms with Crippen LogP contribution in [-0.4, -0.2) is 75.9 Å². The number of hydrogen-bond acceptors (Lipinski definition) is 8. The van der Waals surface area contributed by atoms with Crippen LogP contribution < -0.4 is 0 Å². The van der Waals surface area contributed by atoms with E-state index in [-0.39, 0.29) is 18.2 Å². The molecule has 0 aromatic rings. The first-order chi connectivity index (χ1) is 11.9. The number of aliphatic hydroxyl groups is 4. The van der Waals surface area contributed by atoms with Gasteiger partial charge in [0.05, 0.1) is 13.2 Å². The van der Waals surface area contributed by atoms with Crippen molar-refractivity contribution in [2.45, 2.75) is 82.6 Å². The molecule has 0 aliphatic carbocycles. The van der Waals surface area contributed by atoms with Gasteiger partial charge in [-0.3, -0.25) is 9.59 Å². The van der Waals surface area contributed by atoms with Gasteiger partial charge in [0.2, 0.25) is 0 Å². The predicted octanol–water partition coefficient (Wildman–Crippen LogP) is -0.308. The lowest BCUT2D eigenvalue weighted by Crippen LogP contribution is -2.59. The average Bonchev–Trinajstić information content (AvgIpc) is 2.61. The van der Waals surface area contributed by atoms with Crippen LogP contribution in [0.25, 0.3) is 0 Å². The summed E-state index contributed by atoms with van der Waals surface area (Å²) in [6, 6.07) is 0. The molecule has 0 radical (unpaired) electrons. The molecule has 1 aliphatic heterocycles. The van der Waals surface area contributed by atoms with E-state index in [4.69, 9.17) is 14.6 Å². The second kappa shape index (κ2) is 11.7. The first-order valence-electron chi connectivity index (χ1n) is 8.86. The van der Waals surface area contributed by atoms with Gasteiger partial charge in [-0.25, -0.2) is 0 Å². The maximum absolute atomic E-state index is 11.7. The molecule has 1 rings (SSSR count). The third-order valence-corrected chi connectivity index (χ3v) is 4.29. The average molecular weight is 362 g/mol. The van der Waals surface area contributed by atoms with E-state index in [0.29, 0.717) is 38.5 Å². The fourth-order valence-electron chi connectivity index (χ4n) is 2.62. The third-order valence-electron chi connectivity index (χ3n) is 4.29.